The molecule has 108 valence electrons. The van der Waals surface area contributed by atoms with Crippen molar-refractivity contribution in [2.75, 3.05) is 13.2 Å². The van der Waals surface area contributed by atoms with E-state index in [2.05, 4.69) is 26.9 Å². The SMILES string of the molecule is CC1CCCCC1OCC(O)CNCc1ncon1. The fourth-order valence-electron chi connectivity index (χ4n) is 2.44. The van der Waals surface area contributed by atoms with Gasteiger partial charge < -0.3 is 19.7 Å². The molecule has 2 rings (SSSR count). The van der Waals surface area contributed by atoms with Crippen molar-refractivity contribution >= 4 is 0 Å². The smallest absolute Gasteiger partial charge is 0.213 e. The first-order valence-corrected chi connectivity index (χ1v) is 7.01. The highest BCUT2D eigenvalue weighted by Gasteiger charge is 2.22. The Morgan fingerprint density at radius 1 is 1.53 bits per heavy atom. The summed E-state index contributed by atoms with van der Waals surface area (Å²) in [5, 5.41) is 16.6. The Hall–Kier alpha value is -0.980. The summed E-state index contributed by atoms with van der Waals surface area (Å²) in [6.07, 6.45) is 5.99. The summed E-state index contributed by atoms with van der Waals surface area (Å²) in [5.74, 6) is 1.20. The normalized spacial score (nSPS) is 25.4. The second kappa shape index (κ2) is 7.57. The molecule has 1 saturated carbocycles. The van der Waals surface area contributed by atoms with Crippen LogP contribution in [0.25, 0.3) is 0 Å². The van der Waals surface area contributed by atoms with Gasteiger partial charge in [0.2, 0.25) is 6.39 Å². The quantitative estimate of drug-likeness (QED) is 0.772. The van der Waals surface area contributed by atoms with Crippen LogP contribution in [0, 0.1) is 5.92 Å². The highest BCUT2D eigenvalue weighted by Crippen LogP contribution is 2.26. The van der Waals surface area contributed by atoms with Gasteiger partial charge in [0.15, 0.2) is 5.82 Å². The molecule has 2 N–H and O–H groups in total. The highest BCUT2D eigenvalue weighted by molar-refractivity contribution is 4.77. The molecule has 0 aromatic carbocycles. The van der Waals surface area contributed by atoms with Crippen LogP contribution >= 0.6 is 0 Å². The Balaban J connectivity index is 1.57. The monoisotopic (exact) mass is 269 g/mol. The van der Waals surface area contributed by atoms with Crippen LogP contribution in [0.2, 0.25) is 0 Å². The van der Waals surface area contributed by atoms with Crippen LogP contribution in [0.1, 0.15) is 38.4 Å². The summed E-state index contributed by atoms with van der Waals surface area (Å²) in [6.45, 7) is 3.57. The van der Waals surface area contributed by atoms with E-state index in [1.54, 1.807) is 0 Å². The van der Waals surface area contributed by atoms with Gasteiger partial charge in [-0.25, -0.2) is 0 Å². The fraction of sp³-hybridized carbons (Fsp3) is 0.846. The first-order chi connectivity index (χ1) is 9.25. The second-order valence-electron chi connectivity index (χ2n) is 5.27. The lowest BCUT2D eigenvalue weighted by Crippen LogP contribution is -2.34. The Morgan fingerprint density at radius 3 is 3.11 bits per heavy atom. The Morgan fingerprint density at radius 2 is 2.37 bits per heavy atom. The molecule has 1 fully saturated rings. The summed E-state index contributed by atoms with van der Waals surface area (Å²) < 4.78 is 10.4. The van der Waals surface area contributed by atoms with Crippen LogP contribution in [0.4, 0.5) is 0 Å². The highest BCUT2D eigenvalue weighted by atomic mass is 16.5. The van der Waals surface area contributed by atoms with Crippen molar-refractivity contribution in [3.8, 4) is 0 Å². The summed E-state index contributed by atoms with van der Waals surface area (Å²) in [5.41, 5.74) is 0. The van der Waals surface area contributed by atoms with E-state index in [0.29, 0.717) is 37.5 Å². The Kier molecular flexibility index (Phi) is 5.75. The summed E-state index contributed by atoms with van der Waals surface area (Å²) >= 11 is 0. The lowest BCUT2D eigenvalue weighted by Gasteiger charge is -2.29. The lowest BCUT2D eigenvalue weighted by atomic mass is 9.88. The van der Waals surface area contributed by atoms with Crippen molar-refractivity contribution in [1.82, 2.24) is 15.5 Å². The summed E-state index contributed by atoms with van der Waals surface area (Å²) in [4.78, 5) is 3.89. The minimum atomic E-state index is -0.499. The minimum absolute atomic E-state index is 0.306. The molecule has 0 amide bonds. The van der Waals surface area contributed by atoms with Gasteiger partial charge >= 0.3 is 0 Å². The summed E-state index contributed by atoms with van der Waals surface area (Å²) in [7, 11) is 0. The van der Waals surface area contributed by atoms with Gasteiger partial charge in [0, 0.05) is 6.54 Å². The van der Waals surface area contributed by atoms with Gasteiger partial charge in [-0.05, 0) is 18.8 Å². The number of hydrogen-bond acceptors (Lipinski definition) is 6. The van der Waals surface area contributed by atoms with Crippen LogP contribution in [-0.2, 0) is 11.3 Å². The zero-order chi connectivity index (χ0) is 13.5. The zero-order valence-electron chi connectivity index (χ0n) is 11.4. The van der Waals surface area contributed by atoms with Crippen LogP contribution in [-0.4, -0.2) is 40.6 Å². The number of aromatic nitrogens is 2. The maximum Gasteiger partial charge on any atom is 0.213 e. The molecule has 19 heavy (non-hydrogen) atoms. The van der Waals surface area contributed by atoms with Gasteiger partial charge in [-0.1, -0.05) is 24.9 Å². The standard InChI is InChI=1S/C13H23N3O3/c1-10-4-2-3-5-12(10)18-8-11(17)6-14-7-13-15-9-19-16-13/h9-12,14,17H,2-8H2,1H3. The van der Waals surface area contributed by atoms with Crippen molar-refractivity contribution in [2.45, 2.75) is 51.4 Å². The molecule has 1 aromatic rings. The largest absolute Gasteiger partial charge is 0.389 e. The molecule has 0 radical (unpaired) electrons. The molecular weight excluding hydrogens is 246 g/mol. The molecule has 1 aromatic heterocycles. The van der Waals surface area contributed by atoms with Gasteiger partial charge in [0.1, 0.15) is 0 Å². The van der Waals surface area contributed by atoms with E-state index in [-0.39, 0.29) is 0 Å². The van der Waals surface area contributed by atoms with Crippen molar-refractivity contribution in [2.24, 2.45) is 5.92 Å². The van der Waals surface area contributed by atoms with Crippen LogP contribution in [0.15, 0.2) is 10.9 Å². The minimum Gasteiger partial charge on any atom is -0.389 e. The van der Waals surface area contributed by atoms with Crippen molar-refractivity contribution < 1.29 is 14.4 Å². The first kappa shape index (κ1) is 14.4. The van der Waals surface area contributed by atoms with Crippen LogP contribution in [0.3, 0.4) is 0 Å². The lowest BCUT2D eigenvalue weighted by molar-refractivity contribution is -0.0452. The predicted octanol–water partition coefficient (Wildman–Crippen LogP) is 1.12. The third kappa shape index (κ3) is 4.89. The number of rotatable bonds is 7. The number of nitrogens with one attached hydrogen (secondary N) is 1. The molecule has 0 aliphatic heterocycles. The van der Waals surface area contributed by atoms with E-state index in [1.165, 1.54) is 25.7 Å². The third-order valence-corrected chi connectivity index (χ3v) is 3.61. The molecular formula is C13H23N3O3. The maximum atomic E-state index is 9.84. The van der Waals surface area contributed by atoms with Gasteiger partial charge in [-0.15, -0.1) is 0 Å². The Labute approximate surface area is 113 Å². The molecule has 0 bridgehead atoms. The summed E-state index contributed by atoms with van der Waals surface area (Å²) in [6, 6.07) is 0. The predicted molar refractivity (Wildman–Crippen MR) is 69.4 cm³/mol. The molecule has 0 saturated heterocycles. The Bertz CT molecular complexity index is 345. The van der Waals surface area contributed by atoms with Crippen molar-refractivity contribution in [1.29, 1.82) is 0 Å². The van der Waals surface area contributed by atoms with E-state index in [1.807, 2.05) is 0 Å². The number of aliphatic hydroxyl groups is 1. The number of ether oxygens (including phenoxy) is 1. The van der Waals surface area contributed by atoms with Gasteiger partial charge in [0.25, 0.3) is 0 Å². The molecule has 3 atom stereocenters. The molecule has 0 spiro atoms. The zero-order valence-corrected chi connectivity index (χ0v) is 11.4. The average Bonchev–Trinajstić information content (AvgIpc) is 2.91. The maximum absolute atomic E-state index is 9.84. The third-order valence-electron chi connectivity index (χ3n) is 3.61. The molecule has 1 heterocycles. The van der Waals surface area contributed by atoms with Crippen molar-refractivity contribution in [3.63, 3.8) is 0 Å². The van der Waals surface area contributed by atoms with E-state index in [0.717, 1.165) is 6.42 Å². The van der Waals surface area contributed by atoms with E-state index < -0.39 is 6.10 Å². The van der Waals surface area contributed by atoms with Crippen LogP contribution < -0.4 is 5.32 Å². The van der Waals surface area contributed by atoms with Gasteiger partial charge in [-0.2, -0.15) is 4.98 Å². The van der Waals surface area contributed by atoms with E-state index >= 15 is 0 Å². The number of hydrogen-bond donors (Lipinski definition) is 2. The molecule has 1 aliphatic rings. The van der Waals surface area contributed by atoms with Crippen LogP contribution in [0.5, 0.6) is 0 Å². The second-order valence-corrected chi connectivity index (χ2v) is 5.27. The molecule has 6 nitrogen and oxygen atoms in total. The van der Waals surface area contributed by atoms with Gasteiger partial charge in [0.05, 0.1) is 25.4 Å². The van der Waals surface area contributed by atoms with E-state index in [4.69, 9.17) is 4.74 Å². The topological polar surface area (TPSA) is 80.4 Å². The molecule has 3 unspecified atom stereocenters. The van der Waals surface area contributed by atoms with Gasteiger partial charge in [-0.3, -0.25) is 0 Å². The number of nitrogens with zero attached hydrogens (tertiary/aromatic N) is 2. The molecule has 1 aliphatic carbocycles. The molecule has 6 heteroatoms. The average molecular weight is 269 g/mol. The fourth-order valence-corrected chi connectivity index (χ4v) is 2.44. The first-order valence-electron chi connectivity index (χ1n) is 7.01. The van der Waals surface area contributed by atoms with Crippen molar-refractivity contribution in [3.05, 3.63) is 12.2 Å². The number of aliphatic hydroxyl groups excluding tert-OH is 1. The van der Waals surface area contributed by atoms with E-state index in [9.17, 15) is 5.11 Å².